The van der Waals surface area contributed by atoms with E-state index in [-0.39, 0.29) is 0 Å². The van der Waals surface area contributed by atoms with Crippen LogP contribution in [0, 0.1) is 5.92 Å². The van der Waals surface area contributed by atoms with Crippen molar-refractivity contribution < 1.29 is 0 Å². The highest BCUT2D eigenvalue weighted by atomic mass is 15.2. The zero-order valence-corrected chi connectivity index (χ0v) is 9.72. The summed E-state index contributed by atoms with van der Waals surface area (Å²) in [6, 6.07) is 0.720. The summed E-state index contributed by atoms with van der Waals surface area (Å²) in [6.07, 6.45) is 0. The van der Waals surface area contributed by atoms with Gasteiger partial charge in [-0.05, 0) is 26.3 Å². The quantitative estimate of drug-likeness (QED) is 0.703. The smallest absolute Gasteiger partial charge is 0.0252 e. The van der Waals surface area contributed by atoms with E-state index in [4.69, 9.17) is 0 Å². The number of nitrogens with zero attached hydrogens (tertiary/aromatic N) is 1. The third-order valence-electron chi connectivity index (χ3n) is 3.03. The predicted octanol–water partition coefficient (Wildman–Crippen LogP) is 1.71. The Morgan fingerprint density at radius 2 is 2.08 bits per heavy atom. The summed E-state index contributed by atoms with van der Waals surface area (Å²) in [5, 5.41) is 3.61. The third-order valence-corrected chi connectivity index (χ3v) is 3.03. The zero-order valence-electron chi connectivity index (χ0n) is 9.72. The molecule has 1 rings (SSSR count). The highest BCUT2D eigenvalue weighted by Gasteiger charge is 2.32. The summed E-state index contributed by atoms with van der Waals surface area (Å²) in [5.74, 6) is 0.753. The number of likely N-dealkylation sites (N-methyl/N-ethyl adjacent to an activating group) is 1. The average Bonchev–Trinajstić information content (AvgIpc) is 2.01. The van der Waals surface area contributed by atoms with E-state index in [1.165, 1.54) is 13.1 Å². The molecule has 0 aromatic heterocycles. The van der Waals surface area contributed by atoms with E-state index >= 15 is 0 Å². The lowest BCUT2D eigenvalue weighted by atomic mass is 9.93. The first kappa shape index (κ1) is 11.0. The largest absolute Gasteiger partial charge is 0.309 e. The minimum absolute atomic E-state index is 0.293. The normalized spacial score (nSPS) is 29.5. The fraction of sp³-hybridized carbons (Fsp3) is 1.00. The van der Waals surface area contributed by atoms with Crippen molar-refractivity contribution in [2.75, 3.05) is 19.6 Å². The van der Waals surface area contributed by atoms with Crippen molar-refractivity contribution in [1.82, 2.24) is 10.2 Å². The number of hydrogen-bond acceptors (Lipinski definition) is 2. The minimum Gasteiger partial charge on any atom is -0.309 e. The number of hydrogen-bond donors (Lipinski definition) is 1. The molecule has 13 heavy (non-hydrogen) atoms. The summed E-state index contributed by atoms with van der Waals surface area (Å²) >= 11 is 0. The lowest BCUT2D eigenvalue weighted by Gasteiger charge is -2.45. The molecule has 1 aliphatic rings. The van der Waals surface area contributed by atoms with Gasteiger partial charge in [0, 0.05) is 24.7 Å². The van der Waals surface area contributed by atoms with Crippen LogP contribution in [0.2, 0.25) is 0 Å². The predicted molar refractivity (Wildman–Crippen MR) is 58.0 cm³/mol. The SMILES string of the molecule is CCN1CC(C)(C)NCC1C(C)C. The second kappa shape index (κ2) is 3.97. The topological polar surface area (TPSA) is 15.3 Å². The van der Waals surface area contributed by atoms with Crippen molar-refractivity contribution in [3.05, 3.63) is 0 Å². The number of nitrogens with one attached hydrogen (secondary N) is 1. The molecular formula is C11H24N2. The van der Waals surface area contributed by atoms with Gasteiger partial charge in [-0.1, -0.05) is 20.8 Å². The van der Waals surface area contributed by atoms with Crippen molar-refractivity contribution in [3.8, 4) is 0 Å². The molecular weight excluding hydrogens is 160 g/mol. The van der Waals surface area contributed by atoms with Gasteiger partial charge in [0.15, 0.2) is 0 Å². The van der Waals surface area contributed by atoms with Gasteiger partial charge in [0.2, 0.25) is 0 Å². The maximum Gasteiger partial charge on any atom is 0.0252 e. The summed E-state index contributed by atoms with van der Waals surface area (Å²) in [6.45, 7) is 14.9. The van der Waals surface area contributed by atoms with Gasteiger partial charge in [-0.15, -0.1) is 0 Å². The minimum atomic E-state index is 0.293. The van der Waals surface area contributed by atoms with Gasteiger partial charge in [0.25, 0.3) is 0 Å². The molecule has 0 saturated carbocycles. The number of piperazine rings is 1. The molecule has 0 aliphatic carbocycles. The summed E-state index contributed by atoms with van der Waals surface area (Å²) < 4.78 is 0. The van der Waals surface area contributed by atoms with Crippen molar-refractivity contribution >= 4 is 0 Å². The molecule has 78 valence electrons. The maximum atomic E-state index is 3.61. The van der Waals surface area contributed by atoms with Gasteiger partial charge < -0.3 is 5.32 Å². The Labute approximate surface area is 82.7 Å². The Kier molecular flexibility index (Phi) is 3.36. The van der Waals surface area contributed by atoms with Crippen LogP contribution in [-0.2, 0) is 0 Å². The van der Waals surface area contributed by atoms with Gasteiger partial charge in [-0.25, -0.2) is 0 Å². The van der Waals surface area contributed by atoms with Gasteiger partial charge >= 0.3 is 0 Å². The van der Waals surface area contributed by atoms with Crippen LogP contribution in [0.1, 0.15) is 34.6 Å². The molecule has 0 amide bonds. The summed E-state index contributed by atoms with van der Waals surface area (Å²) in [4.78, 5) is 2.60. The molecule has 0 aromatic rings. The molecule has 2 nitrogen and oxygen atoms in total. The van der Waals surface area contributed by atoms with Crippen molar-refractivity contribution in [2.45, 2.75) is 46.2 Å². The van der Waals surface area contributed by atoms with E-state index in [9.17, 15) is 0 Å². The van der Waals surface area contributed by atoms with Gasteiger partial charge in [0.05, 0.1) is 0 Å². The van der Waals surface area contributed by atoms with Crippen LogP contribution in [0.4, 0.5) is 0 Å². The van der Waals surface area contributed by atoms with Crippen LogP contribution in [0.5, 0.6) is 0 Å². The number of rotatable bonds is 2. The Bertz CT molecular complexity index is 163. The van der Waals surface area contributed by atoms with E-state index in [1.807, 2.05) is 0 Å². The molecule has 0 radical (unpaired) electrons. The molecule has 1 N–H and O–H groups in total. The molecule has 0 aromatic carbocycles. The van der Waals surface area contributed by atoms with E-state index in [0.717, 1.165) is 18.5 Å². The highest BCUT2D eigenvalue weighted by molar-refractivity contribution is 4.92. The molecule has 0 bridgehead atoms. The second-order valence-corrected chi connectivity index (χ2v) is 5.14. The molecule has 1 saturated heterocycles. The Balaban J connectivity index is 2.61. The van der Waals surface area contributed by atoms with E-state index in [0.29, 0.717) is 5.54 Å². The highest BCUT2D eigenvalue weighted by Crippen LogP contribution is 2.19. The average molecular weight is 184 g/mol. The van der Waals surface area contributed by atoms with Gasteiger partial charge in [-0.3, -0.25) is 4.90 Å². The van der Waals surface area contributed by atoms with Crippen LogP contribution in [-0.4, -0.2) is 36.1 Å². The monoisotopic (exact) mass is 184 g/mol. The molecule has 1 aliphatic heterocycles. The molecule has 2 heteroatoms. The van der Waals surface area contributed by atoms with Crippen LogP contribution in [0.15, 0.2) is 0 Å². The van der Waals surface area contributed by atoms with E-state index < -0.39 is 0 Å². The Hall–Kier alpha value is -0.0800. The van der Waals surface area contributed by atoms with Crippen LogP contribution >= 0.6 is 0 Å². The van der Waals surface area contributed by atoms with Crippen molar-refractivity contribution in [3.63, 3.8) is 0 Å². The van der Waals surface area contributed by atoms with Crippen LogP contribution in [0.3, 0.4) is 0 Å². The standard InChI is InChI=1S/C11H24N2/c1-6-13-8-11(4,5)12-7-10(13)9(2)3/h9-10,12H,6-8H2,1-5H3. The second-order valence-electron chi connectivity index (χ2n) is 5.14. The Morgan fingerprint density at radius 1 is 1.46 bits per heavy atom. The first-order valence-electron chi connectivity index (χ1n) is 5.45. The van der Waals surface area contributed by atoms with Crippen LogP contribution < -0.4 is 5.32 Å². The van der Waals surface area contributed by atoms with E-state index in [2.05, 4.69) is 44.8 Å². The van der Waals surface area contributed by atoms with Crippen molar-refractivity contribution in [1.29, 1.82) is 0 Å². The maximum absolute atomic E-state index is 3.61. The fourth-order valence-electron chi connectivity index (χ4n) is 2.19. The van der Waals surface area contributed by atoms with Crippen LogP contribution in [0.25, 0.3) is 0 Å². The third kappa shape index (κ3) is 2.68. The van der Waals surface area contributed by atoms with Gasteiger partial charge in [-0.2, -0.15) is 0 Å². The zero-order chi connectivity index (χ0) is 10.1. The lowest BCUT2D eigenvalue weighted by molar-refractivity contribution is 0.0746. The lowest BCUT2D eigenvalue weighted by Crippen LogP contribution is -2.62. The molecule has 0 spiro atoms. The van der Waals surface area contributed by atoms with Crippen molar-refractivity contribution in [2.24, 2.45) is 5.92 Å². The van der Waals surface area contributed by atoms with E-state index in [1.54, 1.807) is 0 Å². The molecule has 1 fully saturated rings. The molecule has 1 unspecified atom stereocenters. The first-order valence-corrected chi connectivity index (χ1v) is 5.45. The molecule has 1 atom stereocenters. The Morgan fingerprint density at radius 3 is 2.54 bits per heavy atom. The molecule has 1 heterocycles. The first-order chi connectivity index (χ1) is 5.96. The fourth-order valence-corrected chi connectivity index (χ4v) is 2.19. The van der Waals surface area contributed by atoms with Gasteiger partial charge in [0.1, 0.15) is 0 Å². The summed E-state index contributed by atoms with van der Waals surface area (Å²) in [7, 11) is 0. The summed E-state index contributed by atoms with van der Waals surface area (Å²) in [5.41, 5.74) is 0.293.